The molecule has 1 unspecified atom stereocenters. The summed E-state index contributed by atoms with van der Waals surface area (Å²) in [5.41, 5.74) is 1.45. The predicted octanol–water partition coefficient (Wildman–Crippen LogP) is 4.39. The van der Waals surface area contributed by atoms with Crippen LogP contribution in [-0.4, -0.2) is 10.1 Å². The fourth-order valence-corrected chi connectivity index (χ4v) is 2.29. The monoisotopic (exact) mass is 305 g/mol. The average Bonchev–Trinajstić information content (AvgIpc) is 2.47. The predicted molar refractivity (Wildman–Crippen MR) is 84.5 cm³/mol. The van der Waals surface area contributed by atoms with E-state index in [1.54, 1.807) is 18.3 Å². The minimum Gasteiger partial charge on any atom is -0.382 e. The second-order valence-corrected chi connectivity index (χ2v) is 4.81. The van der Waals surface area contributed by atoms with Crippen LogP contribution in [0.4, 0.5) is 0 Å². The minimum absolute atomic E-state index is 0. The SMILES string of the molecule is Cl.OC(c1ccc(Cl)cc1)c1nccc2ccccc12. The summed E-state index contributed by atoms with van der Waals surface area (Å²) in [6.45, 7) is 0. The average molecular weight is 306 g/mol. The molecule has 0 amide bonds. The van der Waals surface area contributed by atoms with Gasteiger partial charge in [-0.2, -0.15) is 0 Å². The zero-order valence-corrected chi connectivity index (χ0v) is 12.1. The van der Waals surface area contributed by atoms with Crippen molar-refractivity contribution in [3.63, 3.8) is 0 Å². The van der Waals surface area contributed by atoms with Crippen molar-refractivity contribution in [3.8, 4) is 0 Å². The van der Waals surface area contributed by atoms with Gasteiger partial charge in [-0.1, -0.05) is 48.0 Å². The number of aliphatic hydroxyl groups excluding tert-OH is 1. The Labute approximate surface area is 128 Å². The summed E-state index contributed by atoms with van der Waals surface area (Å²) < 4.78 is 0. The van der Waals surface area contributed by atoms with Gasteiger partial charge in [-0.15, -0.1) is 12.4 Å². The number of pyridine rings is 1. The number of fused-ring (bicyclic) bond motifs is 1. The first-order chi connectivity index (χ1) is 9.25. The highest BCUT2D eigenvalue weighted by Gasteiger charge is 2.14. The van der Waals surface area contributed by atoms with Gasteiger partial charge in [0.15, 0.2) is 0 Å². The lowest BCUT2D eigenvalue weighted by Gasteiger charge is -2.13. The van der Waals surface area contributed by atoms with Crippen LogP contribution in [0, 0.1) is 0 Å². The molecule has 1 heterocycles. The molecule has 0 fully saturated rings. The number of rotatable bonds is 2. The summed E-state index contributed by atoms with van der Waals surface area (Å²) in [6.07, 6.45) is 0.972. The third-order valence-corrected chi connectivity index (χ3v) is 3.40. The van der Waals surface area contributed by atoms with Crippen LogP contribution in [0.5, 0.6) is 0 Å². The largest absolute Gasteiger partial charge is 0.382 e. The van der Waals surface area contributed by atoms with Crippen LogP contribution in [0.3, 0.4) is 0 Å². The van der Waals surface area contributed by atoms with Crippen molar-refractivity contribution in [1.82, 2.24) is 4.98 Å². The minimum atomic E-state index is -0.747. The Kier molecular flexibility index (Phi) is 4.61. The molecule has 4 heteroatoms. The van der Waals surface area contributed by atoms with Gasteiger partial charge in [0.2, 0.25) is 0 Å². The molecule has 1 N–H and O–H groups in total. The van der Waals surface area contributed by atoms with Crippen LogP contribution in [0.2, 0.25) is 5.02 Å². The number of aromatic nitrogens is 1. The molecule has 0 aliphatic carbocycles. The summed E-state index contributed by atoms with van der Waals surface area (Å²) in [5.74, 6) is 0. The number of aliphatic hydroxyl groups is 1. The van der Waals surface area contributed by atoms with Crippen LogP contribution in [-0.2, 0) is 0 Å². The summed E-state index contributed by atoms with van der Waals surface area (Å²) >= 11 is 5.86. The normalized spacial score (nSPS) is 11.9. The second kappa shape index (κ2) is 6.23. The molecule has 0 radical (unpaired) electrons. The zero-order chi connectivity index (χ0) is 13.2. The smallest absolute Gasteiger partial charge is 0.122 e. The van der Waals surface area contributed by atoms with Crippen molar-refractivity contribution in [2.75, 3.05) is 0 Å². The van der Waals surface area contributed by atoms with E-state index in [9.17, 15) is 5.11 Å². The zero-order valence-electron chi connectivity index (χ0n) is 10.5. The molecule has 20 heavy (non-hydrogen) atoms. The maximum Gasteiger partial charge on any atom is 0.122 e. The van der Waals surface area contributed by atoms with E-state index in [-0.39, 0.29) is 12.4 Å². The van der Waals surface area contributed by atoms with Gasteiger partial charge in [0.05, 0.1) is 5.69 Å². The number of hydrogen-bond donors (Lipinski definition) is 1. The van der Waals surface area contributed by atoms with Crippen molar-refractivity contribution in [3.05, 3.63) is 77.1 Å². The molecule has 0 aliphatic heterocycles. The summed E-state index contributed by atoms with van der Waals surface area (Å²) in [7, 11) is 0. The van der Waals surface area contributed by atoms with Crippen molar-refractivity contribution in [1.29, 1.82) is 0 Å². The quantitative estimate of drug-likeness (QED) is 0.761. The molecule has 0 spiro atoms. The van der Waals surface area contributed by atoms with E-state index in [0.29, 0.717) is 10.7 Å². The third-order valence-electron chi connectivity index (χ3n) is 3.15. The van der Waals surface area contributed by atoms with Crippen LogP contribution in [0.25, 0.3) is 10.8 Å². The molecule has 2 aromatic carbocycles. The molecular formula is C16H13Cl2NO. The van der Waals surface area contributed by atoms with Gasteiger partial charge in [-0.25, -0.2) is 0 Å². The fraction of sp³-hybridized carbons (Fsp3) is 0.0625. The van der Waals surface area contributed by atoms with Crippen molar-refractivity contribution < 1.29 is 5.11 Å². The van der Waals surface area contributed by atoms with E-state index in [0.717, 1.165) is 16.3 Å². The van der Waals surface area contributed by atoms with Gasteiger partial charge >= 0.3 is 0 Å². The van der Waals surface area contributed by atoms with Crippen molar-refractivity contribution in [2.24, 2.45) is 0 Å². The van der Waals surface area contributed by atoms with Gasteiger partial charge in [0.25, 0.3) is 0 Å². The first kappa shape index (κ1) is 14.8. The van der Waals surface area contributed by atoms with E-state index >= 15 is 0 Å². The molecule has 0 bridgehead atoms. The lowest BCUT2D eigenvalue weighted by Crippen LogP contribution is -2.02. The van der Waals surface area contributed by atoms with E-state index in [1.165, 1.54) is 0 Å². The molecule has 3 aromatic rings. The van der Waals surface area contributed by atoms with E-state index in [1.807, 2.05) is 42.5 Å². The Morgan fingerprint density at radius 1 is 0.950 bits per heavy atom. The molecule has 0 saturated heterocycles. The standard InChI is InChI=1S/C16H12ClNO.ClH/c17-13-7-5-12(6-8-13)16(19)15-14-4-2-1-3-11(14)9-10-18-15;/h1-10,16,19H;1H. The molecule has 1 aromatic heterocycles. The summed E-state index contributed by atoms with van der Waals surface area (Å²) in [4.78, 5) is 4.32. The Morgan fingerprint density at radius 3 is 2.40 bits per heavy atom. The Balaban J connectivity index is 0.00000147. The highest BCUT2D eigenvalue weighted by atomic mass is 35.5. The molecule has 102 valence electrons. The molecule has 1 atom stereocenters. The van der Waals surface area contributed by atoms with Gasteiger partial charge in [0, 0.05) is 16.6 Å². The highest BCUT2D eigenvalue weighted by Crippen LogP contribution is 2.27. The number of halogens is 2. The Morgan fingerprint density at radius 2 is 1.65 bits per heavy atom. The Hall–Kier alpha value is -1.61. The topological polar surface area (TPSA) is 33.1 Å². The molecule has 0 saturated carbocycles. The molecule has 2 nitrogen and oxygen atoms in total. The van der Waals surface area contributed by atoms with Gasteiger partial charge in [0.1, 0.15) is 6.10 Å². The van der Waals surface area contributed by atoms with Crippen molar-refractivity contribution >= 4 is 34.8 Å². The number of hydrogen-bond acceptors (Lipinski definition) is 2. The first-order valence-electron chi connectivity index (χ1n) is 6.03. The molecular weight excluding hydrogens is 293 g/mol. The lowest BCUT2D eigenvalue weighted by atomic mass is 10.0. The number of benzene rings is 2. The molecule has 3 rings (SSSR count). The third kappa shape index (κ3) is 2.78. The lowest BCUT2D eigenvalue weighted by molar-refractivity contribution is 0.217. The van der Waals surface area contributed by atoms with Gasteiger partial charge in [-0.3, -0.25) is 4.98 Å². The van der Waals surface area contributed by atoms with Crippen molar-refractivity contribution in [2.45, 2.75) is 6.10 Å². The summed E-state index contributed by atoms with van der Waals surface area (Å²) in [6, 6.07) is 17.0. The van der Waals surface area contributed by atoms with Crippen LogP contribution >= 0.6 is 24.0 Å². The highest BCUT2D eigenvalue weighted by molar-refractivity contribution is 6.30. The van der Waals surface area contributed by atoms with E-state index < -0.39 is 6.10 Å². The fourth-order valence-electron chi connectivity index (χ4n) is 2.16. The first-order valence-corrected chi connectivity index (χ1v) is 6.41. The van der Waals surface area contributed by atoms with E-state index in [2.05, 4.69) is 4.98 Å². The van der Waals surface area contributed by atoms with Gasteiger partial charge in [-0.05, 0) is 29.1 Å². The van der Waals surface area contributed by atoms with Gasteiger partial charge < -0.3 is 5.11 Å². The Bertz CT molecular complexity index is 708. The second-order valence-electron chi connectivity index (χ2n) is 4.37. The van der Waals surface area contributed by atoms with Crippen LogP contribution < -0.4 is 0 Å². The maximum atomic E-state index is 10.5. The van der Waals surface area contributed by atoms with E-state index in [4.69, 9.17) is 11.6 Å². The van der Waals surface area contributed by atoms with Crippen LogP contribution in [0.15, 0.2) is 60.8 Å². The summed E-state index contributed by atoms with van der Waals surface area (Å²) in [5, 5.41) is 13.2. The molecule has 0 aliphatic rings. The maximum absolute atomic E-state index is 10.5. The number of nitrogens with zero attached hydrogens (tertiary/aromatic N) is 1. The van der Waals surface area contributed by atoms with Crippen LogP contribution in [0.1, 0.15) is 17.4 Å².